The van der Waals surface area contributed by atoms with Gasteiger partial charge in [0, 0.05) is 18.8 Å². The second-order valence-electron chi connectivity index (χ2n) is 8.67. The summed E-state index contributed by atoms with van der Waals surface area (Å²) >= 11 is 0. The molecule has 4 heteroatoms. The third-order valence-electron chi connectivity index (χ3n) is 7.36. The van der Waals surface area contributed by atoms with Crippen LogP contribution in [0, 0.1) is 23.2 Å². The van der Waals surface area contributed by atoms with Crippen molar-refractivity contribution in [2.75, 3.05) is 0 Å². The molecule has 23 heavy (non-hydrogen) atoms. The first-order chi connectivity index (χ1) is 10.8. The molecule has 4 nitrogen and oxygen atoms in total. The van der Waals surface area contributed by atoms with Gasteiger partial charge in [-0.05, 0) is 56.3 Å². The van der Waals surface area contributed by atoms with Gasteiger partial charge in [0.25, 0.3) is 0 Å². The van der Waals surface area contributed by atoms with Gasteiger partial charge in [-0.25, -0.2) is 0 Å². The van der Waals surface area contributed by atoms with Crippen LogP contribution in [0.5, 0.6) is 0 Å². The highest BCUT2D eigenvalue weighted by Gasteiger charge is 2.60. The number of esters is 1. The van der Waals surface area contributed by atoms with Gasteiger partial charge in [0.1, 0.15) is 5.60 Å². The number of aliphatic hydroxyl groups excluding tert-OH is 2. The predicted molar refractivity (Wildman–Crippen MR) is 85.5 cm³/mol. The minimum absolute atomic E-state index is 0.00957. The number of carbonyl (C=O) groups is 1. The SMILES string of the molecule is C[C@]12CC[C@H](O)CC1=CC[C@@H]1[C@@H]2[C@H](O)C[C@]2(C)OC(=O)CC[C@@H]12. The normalized spacial score (nSPS) is 52.6. The fourth-order valence-electron chi connectivity index (χ4n) is 6.30. The summed E-state index contributed by atoms with van der Waals surface area (Å²) < 4.78 is 5.72. The molecule has 0 unspecified atom stereocenters. The highest BCUT2D eigenvalue weighted by Crippen LogP contribution is 2.61. The van der Waals surface area contributed by atoms with Crippen molar-refractivity contribution in [2.24, 2.45) is 23.2 Å². The average molecular weight is 320 g/mol. The molecular weight excluding hydrogens is 292 g/mol. The highest BCUT2D eigenvalue weighted by atomic mass is 16.6. The second kappa shape index (κ2) is 5.06. The summed E-state index contributed by atoms with van der Waals surface area (Å²) in [7, 11) is 0. The fraction of sp³-hybridized carbons (Fsp3) is 0.842. The van der Waals surface area contributed by atoms with Crippen LogP contribution in [0.15, 0.2) is 11.6 Å². The zero-order valence-corrected chi connectivity index (χ0v) is 14.1. The highest BCUT2D eigenvalue weighted by molar-refractivity contribution is 5.71. The van der Waals surface area contributed by atoms with Gasteiger partial charge < -0.3 is 14.9 Å². The summed E-state index contributed by atoms with van der Waals surface area (Å²) in [4.78, 5) is 11.8. The van der Waals surface area contributed by atoms with Crippen molar-refractivity contribution in [2.45, 2.75) is 76.6 Å². The molecule has 1 heterocycles. The summed E-state index contributed by atoms with van der Waals surface area (Å²) in [5.41, 5.74) is 0.823. The maximum Gasteiger partial charge on any atom is 0.306 e. The fourth-order valence-corrected chi connectivity index (χ4v) is 6.30. The number of hydrogen-bond acceptors (Lipinski definition) is 4. The first-order valence-corrected chi connectivity index (χ1v) is 9.11. The van der Waals surface area contributed by atoms with Crippen LogP contribution in [0.3, 0.4) is 0 Å². The van der Waals surface area contributed by atoms with Crippen molar-refractivity contribution in [3.63, 3.8) is 0 Å². The first-order valence-electron chi connectivity index (χ1n) is 9.11. The molecule has 2 saturated carbocycles. The van der Waals surface area contributed by atoms with E-state index in [2.05, 4.69) is 13.0 Å². The number of allylic oxidation sites excluding steroid dienone is 1. The molecule has 4 aliphatic rings. The Hall–Kier alpha value is -0.870. The lowest BCUT2D eigenvalue weighted by Crippen LogP contribution is -2.61. The molecule has 0 bridgehead atoms. The van der Waals surface area contributed by atoms with Crippen molar-refractivity contribution in [3.8, 4) is 0 Å². The van der Waals surface area contributed by atoms with E-state index in [0.29, 0.717) is 24.7 Å². The van der Waals surface area contributed by atoms with Crippen molar-refractivity contribution < 1.29 is 19.7 Å². The van der Waals surface area contributed by atoms with Crippen molar-refractivity contribution in [1.82, 2.24) is 0 Å². The molecule has 3 aliphatic carbocycles. The third-order valence-corrected chi connectivity index (χ3v) is 7.36. The Morgan fingerprint density at radius 2 is 2.04 bits per heavy atom. The predicted octanol–water partition coefficient (Wildman–Crippen LogP) is 2.58. The molecule has 0 aromatic heterocycles. The maximum absolute atomic E-state index is 11.8. The number of carbonyl (C=O) groups excluding carboxylic acids is 1. The van der Waals surface area contributed by atoms with Crippen molar-refractivity contribution in [1.29, 1.82) is 0 Å². The number of aliphatic hydroxyl groups is 2. The van der Waals surface area contributed by atoms with E-state index in [9.17, 15) is 15.0 Å². The quantitative estimate of drug-likeness (QED) is 0.532. The minimum Gasteiger partial charge on any atom is -0.459 e. The largest absolute Gasteiger partial charge is 0.459 e. The molecule has 4 rings (SSSR count). The summed E-state index contributed by atoms with van der Waals surface area (Å²) in [6.45, 7) is 4.29. The number of ether oxygens (including phenoxy) is 1. The molecular formula is C19H28O4. The molecule has 0 radical (unpaired) electrons. The van der Waals surface area contributed by atoms with Gasteiger partial charge in [-0.1, -0.05) is 18.6 Å². The van der Waals surface area contributed by atoms with E-state index in [-0.39, 0.29) is 23.4 Å². The van der Waals surface area contributed by atoms with Crippen LogP contribution in [0.4, 0.5) is 0 Å². The third kappa shape index (κ3) is 2.21. The van der Waals surface area contributed by atoms with Crippen LogP contribution in [0.2, 0.25) is 0 Å². The molecule has 0 amide bonds. The van der Waals surface area contributed by atoms with Gasteiger partial charge in [0.2, 0.25) is 0 Å². The minimum atomic E-state index is -0.508. The zero-order chi connectivity index (χ0) is 16.4. The molecule has 2 N–H and O–H groups in total. The van der Waals surface area contributed by atoms with Crippen LogP contribution in [-0.4, -0.2) is 34.0 Å². The summed E-state index contributed by atoms with van der Waals surface area (Å²) in [6.07, 6.45) is 7.05. The molecule has 128 valence electrons. The van der Waals surface area contributed by atoms with Gasteiger partial charge in [-0.15, -0.1) is 0 Å². The van der Waals surface area contributed by atoms with Gasteiger partial charge in [0.15, 0.2) is 0 Å². The summed E-state index contributed by atoms with van der Waals surface area (Å²) in [5, 5.41) is 21.0. The lowest BCUT2D eigenvalue weighted by atomic mass is 9.48. The standard InChI is InChI=1S/C19H28O4/c1-18-8-7-12(20)9-11(18)3-4-13-14-5-6-16(22)23-19(14,2)10-15(21)17(13)18/h3,12-15,17,20-21H,4-10H2,1-2H3/t12-,13-,14-,15+,17+,18-,19-/m0/s1. The first kappa shape index (κ1) is 15.6. The van der Waals surface area contributed by atoms with Crippen LogP contribution in [0.25, 0.3) is 0 Å². The summed E-state index contributed by atoms with van der Waals surface area (Å²) in [5.74, 6) is 0.828. The number of hydrogen-bond donors (Lipinski definition) is 2. The van der Waals surface area contributed by atoms with Crippen LogP contribution in [0.1, 0.15) is 58.8 Å². The lowest BCUT2D eigenvalue weighted by molar-refractivity contribution is -0.210. The van der Waals surface area contributed by atoms with E-state index in [1.165, 1.54) is 5.57 Å². The van der Waals surface area contributed by atoms with E-state index >= 15 is 0 Å². The van der Waals surface area contributed by atoms with E-state index in [1.807, 2.05) is 6.92 Å². The Labute approximate surface area is 137 Å². The Morgan fingerprint density at radius 3 is 2.83 bits per heavy atom. The van der Waals surface area contributed by atoms with Crippen LogP contribution >= 0.6 is 0 Å². The number of fused-ring (bicyclic) bond motifs is 5. The van der Waals surface area contributed by atoms with Crippen LogP contribution < -0.4 is 0 Å². The van der Waals surface area contributed by atoms with Crippen LogP contribution in [-0.2, 0) is 9.53 Å². The average Bonchev–Trinajstić information content (AvgIpc) is 2.46. The van der Waals surface area contributed by atoms with Gasteiger partial charge in [0.05, 0.1) is 12.2 Å². The maximum atomic E-state index is 11.8. The van der Waals surface area contributed by atoms with E-state index < -0.39 is 11.7 Å². The van der Waals surface area contributed by atoms with E-state index in [0.717, 1.165) is 32.1 Å². The van der Waals surface area contributed by atoms with Gasteiger partial charge in [-0.2, -0.15) is 0 Å². The summed E-state index contributed by atoms with van der Waals surface area (Å²) in [6, 6.07) is 0. The Morgan fingerprint density at radius 1 is 1.26 bits per heavy atom. The van der Waals surface area contributed by atoms with Gasteiger partial charge in [-0.3, -0.25) is 4.79 Å². The molecule has 0 spiro atoms. The van der Waals surface area contributed by atoms with Crippen molar-refractivity contribution >= 4 is 5.97 Å². The molecule has 1 aliphatic heterocycles. The smallest absolute Gasteiger partial charge is 0.306 e. The van der Waals surface area contributed by atoms with Gasteiger partial charge >= 0.3 is 5.97 Å². The zero-order valence-electron chi connectivity index (χ0n) is 14.1. The molecule has 0 aromatic rings. The van der Waals surface area contributed by atoms with E-state index in [4.69, 9.17) is 4.74 Å². The topological polar surface area (TPSA) is 66.8 Å². The Bertz CT molecular complexity index is 556. The Kier molecular flexibility index (Phi) is 3.44. The number of rotatable bonds is 0. The van der Waals surface area contributed by atoms with Crippen molar-refractivity contribution in [3.05, 3.63) is 11.6 Å². The molecule has 1 saturated heterocycles. The molecule has 3 fully saturated rings. The second-order valence-corrected chi connectivity index (χ2v) is 8.67. The van der Waals surface area contributed by atoms with E-state index in [1.54, 1.807) is 0 Å². The molecule has 7 atom stereocenters. The Balaban J connectivity index is 1.71. The lowest BCUT2D eigenvalue weighted by Gasteiger charge is -2.60. The monoisotopic (exact) mass is 320 g/mol. The molecule has 0 aromatic carbocycles.